The molecule has 1 heterocycles. The SMILES string of the molecule is COC(=O)c1sc(C(C)=O)cc1Oc1ccccc1. The van der Waals surface area contributed by atoms with Gasteiger partial charge in [-0.15, -0.1) is 11.3 Å². The number of Topliss-reactive ketones (excluding diaryl/α,β-unsaturated/α-hetero) is 1. The van der Waals surface area contributed by atoms with E-state index >= 15 is 0 Å². The molecule has 0 amide bonds. The van der Waals surface area contributed by atoms with Crippen molar-refractivity contribution < 1.29 is 19.1 Å². The van der Waals surface area contributed by atoms with Crippen LogP contribution in [0, 0.1) is 0 Å². The second-order valence-electron chi connectivity index (χ2n) is 3.77. The summed E-state index contributed by atoms with van der Waals surface area (Å²) in [4.78, 5) is 23.8. The number of benzene rings is 1. The lowest BCUT2D eigenvalue weighted by atomic mass is 10.3. The van der Waals surface area contributed by atoms with Gasteiger partial charge in [0.05, 0.1) is 12.0 Å². The number of methoxy groups -OCH3 is 1. The van der Waals surface area contributed by atoms with Gasteiger partial charge in [-0.05, 0) is 19.1 Å². The first kappa shape index (κ1) is 13.3. The van der Waals surface area contributed by atoms with Gasteiger partial charge in [-0.2, -0.15) is 0 Å². The normalized spacial score (nSPS) is 10.0. The predicted octanol–water partition coefficient (Wildman–Crippen LogP) is 3.53. The molecule has 0 aliphatic rings. The maximum atomic E-state index is 11.7. The number of ether oxygens (including phenoxy) is 2. The largest absolute Gasteiger partial charge is 0.465 e. The Hall–Kier alpha value is -2.14. The first-order chi connectivity index (χ1) is 9.11. The van der Waals surface area contributed by atoms with Crippen molar-refractivity contribution in [2.75, 3.05) is 7.11 Å². The third-order valence-corrected chi connectivity index (χ3v) is 3.58. The maximum absolute atomic E-state index is 11.7. The Morgan fingerprint density at radius 1 is 1.16 bits per heavy atom. The van der Waals surface area contributed by atoms with Gasteiger partial charge in [-0.1, -0.05) is 18.2 Å². The molecule has 0 N–H and O–H groups in total. The minimum absolute atomic E-state index is 0.113. The van der Waals surface area contributed by atoms with Crippen molar-refractivity contribution in [3.63, 3.8) is 0 Å². The highest BCUT2D eigenvalue weighted by molar-refractivity contribution is 7.16. The lowest BCUT2D eigenvalue weighted by molar-refractivity contribution is 0.0603. The van der Waals surface area contributed by atoms with Crippen molar-refractivity contribution in [2.24, 2.45) is 0 Å². The molecule has 0 fully saturated rings. The van der Waals surface area contributed by atoms with Gasteiger partial charge in [-0.25, -0.2) is 4.79 Å². The van der Waals surface area contributed by atoms with E-state index < -0.39 is 5.97 Å². The number of hydrogen-bond acceptors (Lipinski definition) is 5. The van der Waals surface area contributed by atoms with Crippen molar-refractivity contribution in [3.8, 4) is 11.5 Å². The number of para-hydroxylation sites is 1. The molecule has 0 spiro atoms. The van der Waals surface area contributed by atoms with Gasteiger partial charge in [0, 0.05) is 6.07 Å². The second-order valence-corrected chi connectivity index (χ2v) is 4.82. The number of carbonyl (C=O) groups is 2. The summed E-state index contributed by atoms with van der Waals surface area (Å²) in [7, 11) is 1.29. The highest BCUT2D eigenvalue weighted by Gasteiger charge is 2.20. The van der Waals surface area contributed by atoms with Crippen LogP contribution in [-0.4, -0.2) is 18.9 Å². The number of rotatable bonds is 4. The Morgan fingerprint density at radius 3 is 2.42 bits per heavy atom. The highest BCUT2D eigenvalue weighted by Crippen LogP contribution is 2.33. The summed E-state index contributed by atoms with van der Waals surface area (Å²) in [6.45, 7) is 1.44. The Morgan fingerprint density at radius 2 is 1.84 bits per heavy atom. The van der Waals surface area contributed by atoms with Gasteiger partial charge in [0.2, 0.25) is 0 Å². The van der Waals surface area contributed by atoms with Crippen LogP contribution < -0.4 is 4.74 Å². The van der Waals surface area contributed by atoms with Crippen LogP contribution >= 0.6 is 11.3 Å². The van der Waals surface area contributed by atoms with Gasteiger partial charge in [-0.3, -0.25) is 4.79 Å². The molecule has 2 rings (SSSR count). The maximum Gasteiger partial charge on any atom is 0.351 e. The fourth-order valence-corrected chi connectivity index (χ4v) is 2.37. The molecule has 0 unspecified atom stereocenters. The zero-order chi connectivity index (χ0) is 13.8. The van der Waals surface area contributed by atoms with Crippen LogP contribution in [0.25, 0.3) is 0 Å². The third kappa shape index (κ3) is 3.00. The van der Waals surface area contributed by atoms with Crippen LogP contribution in [0.3, 0.4) is 0 Å². The van der Waals surface area contributed by atoms with Crippen molar-refractivity contribution >= 4 is 23.1 Å². The molecule has 0 bridgehead atoms. The van der Waals surface area contributed by atoms with Gasteiger partial charge in [0.1, 0.15) is 5.75 Å². The summed E-state index contributed by atoms with van der Waals surface area (Å²) in [5.41, 5.74) is 0. The van der Waals surface area contributed by atoms with E-state index in [1.54, 1.807) is 18.2 Å². The Bertz CT molecular complexity index is 601. The fraction of sp³-hybridized carbons (Fsp3) is 0.143. The quantitative estimate of drug-likeness (QED) is 0.633. The van der Waals surface area contributed by atoms with Gasteiger partial charge in [0.25, 0.3) is 0 Å². The van der Waals surface area contributed by atoms with E-state index in [2.05, 4.69) is 4.74 Å². The molecule has 0 aliphatic carbocycles. The average molecular weight is 276 g/mol. The lowest BCUT2D eigenvalue weighted by Gasteiger charge is -2.04. The summed E-state index contributed by atoms with van der Waals surface area (Å²) in [5.74, 6) is 0.315. The van der Waals surface area contributed by atoms with Gasteiger partial charge >= 0.3 is 5.97 Å². The average Bonchev–Trinajstić information content (AvgIpc) is 2.83. The monoisotopic (exact) mass is 276 g/mol. The highest BCUT2D eigenvalue weighted by atomic mass is 32.1. The summed E-state index contributed by atoms with van der Waals surface area (Å²) in [6, 6.07) is 10.6. The molecule has 4 nitrogen and oxygen atoms in total. The predicted molar refractivity (Wildman–Crippen MR) is 72.2 cm³/mol. The van der Waals surface area contributed by atoms with E-state index in [-0.39, 0.29) is 10.7 Å². The number of hydrogen-bond donors (Lipinski definition) is 0. The number of ketones is 1. The van der Waals surface area contributed by atoms with Crippen LogP contribution in [-0.2, 0) is 4.74 Å². The zero-order valence-corrected chi connectivity index (χ0v) is 11.3. The molecule has 98 valence electrons. The zero-order valence-electron chi connectivity index (χ0n) is 10.5. The van der Waals surface area contributed by atoms with E-state index in [9.17, 15) is 9.59 Å². The second kappa shape index (κ2) is 5.67. The van der Waals surface area contributed by atoms with Crippen LogP contribution in [0.1, 0.15) is 26.3 Å². The standard InChI is InChI=1S/C14H12O4S/c1-9(15)12-8-11(13(19-12)14(16)17-2)18-10-6-4-3-5-7-10/h3-8H,1-2H3. The van der Waals surface area contributed by atoms with Crippen LogP contribution in [0.15, 0.2) is 36.4 Å². The Balaban J connectivity index is 2.37. The molecule has 1 aromatic heterocycles. The Labute approximate surface area is 114 Å². The molecular formula is C14H12O4S. The van der Waals surface area contributed by atoms with Crippen molar-refractivity contribution in [2.45, 2.75) is 6.92 Å². The molecule has 0 saturated carbocycles. The number of carbonyl (C=O) groups excluding carboxylic acids is 2. The van der Waals surface area contributed by atoms with E-state index in [1.165, 1.54) is 14.0 Å². The summed E-state index contributed by atoms with van der Waals surface area (Å²) in [6.07, 6.45) is 0. The smallest absolute Gasteiger partial charge is 0.351 e. The van der Waals surface area contributed by atoms with Crippen LogP contribution in [0.4, 0.5) is 0 Å². The molecule has 0 saturated heterocycles. The first-order valence-electron chi connectivity index (χ1n) is 5.58. The van der Waals surface area contributed by atoms with E-state index in [4.69, 9.17) is 4.74 Å². The van der Waals surface area contributed by atoms with Crippen LogP contribution in [0.5, 0.6) is 11.5 Å². The first-order valence-corrected chi connectivity index (χ1v) is 6.39. The van der Waals surface area contributed by atoms with Crippen molar-refractivity contribution in [1.82, 2.24) is 0 Å². The Kier molecular flexibility index (Phi) is 3.97. The van der Waals surface area contributed by atoms with Gasteiger partial charge < -0.3 is 9.47 Å². The molecule has 19 heavy (non-hydrogen) atoms. The van der Waals surface area contributed by atoms with Crippen molar-refractivity contribution in [1.29, 1.82) is 0 Å². The molecule has 2 aromatic rings. The molecule has 0 radical (unpaired) electrons. The molecule has 0 atom stereocenters. The fourth-order valence-electron chi connectivity index (χ4n) is 1.47. The van der Waals surface area contributed by atoms with Gasteiger partial charge in [0.15, 0.2) is 16.4 Å². The lowest BCUT2D eigenvalue weighted by Crippen LogP contribution is -1.99. The van der Waals surface area contributed by atoms with E-state index in [0.717, 1.165) is 11.3 Å². The minimum atomic E-state index is -0.511. The number of esters is 1. The summed E-state index contributed by atoms with van der Waals surface area (Å²) in [5, 5.41) is 0. The molecule has 0 aliphatic heterocycles. The molecule has 5 heteroatoms. The van der Waals surface area contributed by atoms with E-state index in [0.29, 0.717) is 16.4 Å². The summed E-state index contributed by atoms with van der Waals surface area (Å²) >= 11 is 1.07. The van der Waals surface area contributed by atoms with E-state index in [1.807, 2.05) is 18.2 Å². The topological polar surface area (TPSA) is 52.6 Å². The summed E-state index contributed by atoms with van der Waals surface area (Å²) < 4.78 is 10.3. The molecule has 1 aromatic carbocycles. The number of thiophene rings is 1. The van der Waals surface area contributed by atoms with Crippen LogP contribution in [0.2, 0.25) is 0 Å². The van der Waals surface area contributed by atoms with Crippen molar-refractivity contribution in [3.05, 3.63) is 46.2 Å². The molecular weight excluding hydrogens is 264 g/mol. The minimum Gasteiger partial charge on any atom is -0.465 e. The third-order valence-electron chi connectivity index (χ3n) is 2.39.